The monoisotopic (exact) mass is 191 g/mol. The summed E-state index contributed by atoms with van der Waals surface area (Å²) < 4.78 is 4.55. The van der Waals surface area contributed by atoms with Crippen molar-refractivity contribution in [2.75, 3.05) is 13.6 Å². The third kappa shape index (κ3) is 2.23. The summed E-state index contributed by atoms with van der Waals surface area (Å²) in [7, 11) is 1.58. The van der Waals surface area contributed by atoms with E-state index in [1.165, 1.54) is 17.0 Å². The molecule has 0 saturated heterocycles. The third-order valence-electron chi connectivity index (χ3n) is 1.62. The number of terminal acetylenes is 1. The Bertz CT molecular complexity index is 407. The average molecular weight is 191 g/mol. The molecule has 0 aromatic carbocycles. The summed E-state index contributed by atoms with van der Waals surface area (Å²) in [5, 5.41) is 0. The molecule has 0 radical (unpaired) electrons. The lowest BCUT2D eigenvalue weighted by Crippen LogP contribution is -2.27. The van der Waals surface area contributed by atoms with Crippen LogP contribution in [-0.2, 0) is 0 Å². The first-order chi connectivity index (χ1) is 6.65. The summed E-state index contributed by atoms with van der Waals surface area (Å²) in [6.07, 6.45) is 6.17. The summed E-state index contributed by atoms with van der Waals surface area (Å²) in [4.78, 5) is 23.5. The van der Waals surface area contributed by atoms with Gasteiger partial charge in [-0.1, -0.05) is 5.92 Å². The Morgan fingerprint density at radius 3 is 2.86 bits per heavy atom. The largest absolute Gasteiger partial charge is 0.430 e. The van der Waals surface area contributed by atoms with Gasteiger partial charge in [0.25, 0.3) is 5.91 Å². The normalized spacial score (nSPS) is 9.14. The molecule has 4 nitrogen and oxygen atoms in total. The molecule has 0 bridgehead atoms. The van der Waals surface area contributed by atoms with Gasteiger partial charge in [-0.3, -0.25) is 4.79 Å². The van der Waals surface area contributed by atoms with Crippen molar-refractivity contribution in [1.29, 1.82) is 0 Å². The first-order valence-corrected chi connectivity index (χ1v) is 3.93. The molecule has 1 amide bonds. The fourth-order valence-corrected chi connectivity index (χ4v) is 0.909. The Hall–Kier alpha value is -2.02. The lowest BCUT2D eigenvalue weighted by molar-refractivity contribution is 0.0810. The van der Waals surface area contributed by atoms with E-state index in [-0.39, 0.29) is 12.5 Å². The Labute approximate surface area is 81.1 Å². The van der Waals surface area contributed by atoms with Crippen LogP contribution in [0, 0.1) is 12.3 Å². The predicted octanol–water partition coefficient (Wildman–Crippen LogP) is 0.345. The summed E-state index contributed by atoms with van der Waals surface area (Å²) in [6.45, 7) is 0.220. The molecule has 14 heavy (non-hydrogen) atoms. The third-order valence-corrected chi connectivity index (χ3v) is 1.62. The van der Waals surface area contributed by atoms with Gasteiger partial charge >= 0.3 is 5.63 Å². The number of amides is 1. The van der Waals surface area contributed by atoms with Crippen LogP contribution in [0.15, 0.2) is 27.6 Å². The lowest BCUT2D eigenvalue weighted by Gasteiger charge is -2.12. The Balaban J connectivity index is 2.85. The van der Waals surface area contributed by atoms with Crippen LogP contribution in [-0.4, -0.2) is 24.4 Å². The molecule has 1 rings (SSSR count). The molecule has 0 fully saturated rings. The highest BCUT2D eigenvalue weighted by Crippen LogP contribution is 1.99. The second-order valence-corrected chi connectivity index (χ2v) is 2.71. The van der Waals surface area contributed by atoms with Gasteiger partial charge in [-0.25, -0.2) is 4.79 Å². The Morgan fingerprint density at radius 2 is 2.36 bits per heavy atom. The van der Waals surface area contributed by atoms with Crippen molar-refractivity contribution < 1.29 is 9.21 Å². The second kappa shape index (κ2) is 4.28. The molecule has 4 heteroatoms. The van der Waals surface area contributed by atoms with Crippen molar-refractivity contribution in [1.82, 2.24) is 4.90 Å². The van der Waals surface area contributed by atoms with Crippen LogP contribution in [0.3, 0.4) is 0 Å². The molecule has 0 saturated carbocycles. The molecule has 0 aliphatic rings. The zero-order valence-corrected chi connectivity index (χ0v) is 7.69. The lowest BCUT2D eigenvalue weighted by atomic mass is 10.2. The van der Waals surface area contributed by atoms with Gasteiger partial charge in [-0.15, -0.1) is 6.42 Å². The maximum atomic E-state index is 11.5. The topological polar surface area (TPSA) is 50.5 Å². The molecule has 0 aliphatic carbocycles. The minimum absolute atomic E-state index is 0.220. The number of nitrogens with zero attached hydrogens (tertiary/aromatic N) is 1. The van der Waals surface area contributed by atoms with Crippen molar-refractivity contribution in [3.05, 3.63) is 34.4 Å². The summed E-state index contributed by atoms with van der Waals surface area (Å²) >= 11 is 0. The maximum absolute atomic E-state index is 11.5. The van der Waals surface area contributed by atoms with Gasteiger partial charge in [-0.05, 0) is 6.07 Å². The average Bonchev–Trinajstić information content (AvgIpc) is 2.18. The first-order valence-electron chi connectivity index (χ1n) is 3.93. The van der Waals surface area contributed by atoms with E-state index in [2.05, 4.69) is 10.3 Å². The van der Waals surface area contributed by atoms with Gasteiger partial charge < -0.3 is 9.32 Å². The van der Waals surface area contributed by atoms with Gasteiger partial charge in [0.05, 0.1) is 12.1 Å². The van der Waals surface area contributed by atoms with Crippen molar-refractivity contribution in [3.8, 4) is 12.3 Å². The summed E-state index contributed by atoms with van der Waals surface area (Å²) in [5.74, 6) is 2.07. The first kappa shape index (κ1) is 10.1. The second-order valence-electron chi connectivity index (χ2n) is 2.71. The van der Waals surface area contributed by atoms with Crippen molar-refractivity contribution >= 4 is 5.91 Å². The SMILES string of the molecule is C#CCN(C)C(=O)c1ccc(=O)oc1. The van der Waals surface area contributed by atoms with Gasteiger partial charge in [0.2, 0.25) is 0 Å². The van der Waals surface area contributed by atoms with Gasteiger partial charge in [0.1, 0.15) is 6.26 Å². The molecular formula is C10H9NO3. The predicted molar refractivity (Wildman–Crippen MR) is 50.8 cm³/mol. The van der Waals surface area contributed by atoms with Crippen LogP contribution >= 0.6 is 0 Å². The molecular weight excluding hydrogens is 182 g/mol. The highest BCUT2D eigenvalue weighted by atomic mass is 16.4. The van der Waals surface area contributed by atoms with E-state index >= 15 is 0 Å². The number of hydrogen-bond acceptors (Lipinski definition) is 3. The van der Waals surface area contributed by atoms with E-state index in [4.69, 9.17) is 6.42 Å². The standard InChI is InChI=1S/C10H9NO3/c1-3-6-11(2)10(13)8-4-5-9(12)14-7-8/h1,4-5,7H,6H2,2H3. The van der Waals surface area contributed by atoms with E-state index in [1.54, 1.807) is 7.05 Å². The van der Waals surface area contributed by atoms with Crippen LogP contribution < -0.4 is 5.63 Å². The van der Waals surface area contributed by atoms with E-state index in [0.717, 1.165) is 6.26 Å². The van der Waals surface area contributed by atoms with Crippen LogP contribution in [0.25, 0.3) is 0 Å². The maximum Gasteiger partial charge on any atom is 0.335 e. The minimum Gasteiger partial charge on any atom is -0.430 e. The van der Waals surface area contributed by atoms with Crippen molar-refractivity contribution in [2.45, 2.75) is 0 Å². The fourth-order valence-electron chi connectivity index (χ4n) is 0.909. The molecule has 0 N–H and O–H groups in total. The number of carbonyl (C=O) groups is 1. The smallest absolute Gasteiger partial charge is 0.335 e. The molecule has 1 heterocycles. The van der Waals surface area contributed by atoms with Crippen molar-refractivity contribution in [2.24, 2.45) is 0 Å². The Kier molecular flexibility index (Phi) is 3.08. The Morgan fingerprint density at radius 1 is 1.64 bits per heavy atom. The van der Waals surface area contributed by atoms with Gasteiger partial charge in [-0.2, -0.15) is 0 Å². The van der Waals surface area contributed by atoms with Crippen LogP contribution in [0.5, 0.6) is 0 Å². The van der Waals surface area contributed by atoms with Gasteiger partial charge in [0.15, 0.2) is 0 Å². The van der Waals surface area contributed by atoms with E-state index < -0.39 is 5.63 Å². The highest BCUT2D eigenvalue weighted by Gasteiger charge is 2.10. The quantitative estimate of drug-likeness (QED) is 0.633. The van der Waals surface area contributed by atoms with E-state index in [0.29, 0.717) is 5.56 Å². The van der Waals surface area contributed by atoms with E-state index in [1.807, 2.05) is 0 Å². The molecule has 72 valence electrons. The molecule has 0 aliphatic heterocycles. The number of hydrogen-bond donors (Lipinski definition) is 0. The zero-order valence-electron chi connectivity index (χ0n) is 7.69. The molecule has 1 aromatic heterocycles. The molecule has 0 unspecified atom stereocenters. The minimum atomic E-state index is -0.485. The summed E-state index contributed by atoms with van der Waals surface area (Å²) in [6, 6.07) is 2.60. The van der Waals surface area contributed by atoms with Crippen LogP contribution in [0.4, 0.5) is 0 Å². The highest BCUT2D eigenvalue weighted by molar-refractivity contribution is 5.93. The molecule has 1 aromatic rings. The molecule has 0 atom stereocenters. The fraction of sp³-hybridized carbons (Fsp3) is 0.200. The number of carbonyl (C=O) groups excluding carboxylic acids is 1. The van der Waals surface area contributed by atoms with Crippen molar-refractivity contribution in [3.63, 3.8) is 0 Å². The van der Waals surface area contributed by atoms with Gasteiger partial charge in [0, 0.05) is 13.1 Å². The van der Waals surface area contributed by atoms with E-state index in [9.17, 15) is 9.59 Å². The molecule has 0 spiro atoms. The zero-order chi connectivity index (χ0) is 10.6. The van der Waals surface area contributed by atoms with Crippen LogP contribution in [0.2, 0.25) is 0 Å². The summed E-state index contributed by atoms with van der Waals surface area (Å²) in [5.41, 5.74) is -0.177. The number of rotatable bonds is 2. The van der Waals surface area contributed by atoms with Crippen LogP contribution in [0.1, 0.15) is 10.4 Å².